The van der Waals surface area contributed by atoms with Gasteiger partial charge in [-0.1, -0.05) is 0 Å². The van der Waals surface area contributed by atoms with Gasteiger partial charge >= 0.3 is 5.97 Å². The summed E-state index contributed by atoms with van der Waals surface area (Å²) in [4.78, 5) is 12.6. The van der Waals surface area contributed by atoms with Gasteiger partial charge in [0.2, 0.25) is 0 Å². The lowest BCUT2D eigenvalue weighted by atomic mass is 10.1. The van der Waals surface area contributed by atoms with Gasteiger partial charge in [0.1, 0.15) is 9.97 Å². The van der Waals surface area contributed by atoms with Crippen LogP contribution in [-0.4, -0.2) is 36.9 Å². The zero-order valence-electron chi connectivity index (χ0n) is 13.4. The van der Waals surface area contributed by atoms with Crippen LogP contribution in [0.25, 0.3) is 0 Å². The third kappa shape index (κ3) is 2.71. The lowest BCUT2D eigenvalue weighted by Crippen LogP contribution is -2.31. The number of rotatable bonds is 4. The van der Waals surface area contributed by atoms with E-state index in [1.165, 1.54) is 10.6 Å². The molecule has 0 spiro atoms. The number of carbonyl (C=O) groups is 1. The lowest BCUT2D eigenvalue weighted by molar-refractivity contribution is 0.0692. The molecule has 2 N–H and O–H groups in total. The summed E-state index contributed by atoms with van der Waals surface area (Å²) in [5.74, 6) is -0.576. The quantitative estimate of drug-likeness (QED) is 0.841. The number of thiophene rings is 1. The van der Waals surface area contributed by atoms with Gasteiger partial charge in [0, 0.05) is 18.0 Å². The van der Waals surface area contributed by atoms with Crippen molar-refractivity contribution in [2.75, 3.05) is 13.1 Å². The van der Waals surface area contributed by atoms with Crippen LogP contribution < -0.4 is 5.32 Å². The number of furan rings is 1. The number of hydrogen-bond acceptors (Lipinski definition) is 6. The van der Waals surface area contributed by atoms with Crippen LogP contribution in [0.2, 0.25) is 0 Å². The highest BCUT2D eigenvalue weighted by atomic mass is 32.2. The Kier molecular flexibility index (Phi) is 4.19. The molecule has 4 rings (SSSR count). The second-order valence-corrected chi connectivity index (χ2v) is 9.38. The fourth-order valence-electron chi connectivity index (χ4n) is 3.61. The zero-order valence-corrected chi connectivity index (χ0v) is 15.0. The minimum absolute atomic E-state index is 0.0489. The molecule has 9 heteroatoms. The van der Waals surface area contributed by atoms with Gasteiger partial charge in [-0.15, -0.1) is 11.3 Å². The maximum Gasteiger partial charge on any atom is 0.338 e. The predicted octanol–water partition coefficient (Wildman–Crippen LogP) is 2.21. The molecule has 134 valence electrons. The van der Waals surface area contributed by atoms with Crippen LogP contribution in [0.3, 0.4) is 0 Å². The molecule has 25 heavy (non-hydrogen) atoms. The maximum atomic E-state index is 13.3. The first-order valence-corrected chi connectivity index (χ1v) is 10.4. The highest BCUT2D eigenvalue weighted by Gasteiger charge is 2.42. The standard InChI is InChI=1S/C16H18N2O5S2/c19-15(20)14-10-5-6-17-9-13(10)24-16(14)25(21,22)18-7-1-3-11(18)12-4-2-8-23-12/h2,4,8,11,17H,1,3,5-7,9H2,(H,19,20)/t11-/m0/s1. The number of aromatic carboxylic acids is 1. The molecule has 0 aromatic carbocycles. The average Bonchev–Trinajstić information content (AvgIpc) is 3.31. The largest absolute Gasteiger partial charge is 0.478 e. The molecule has 2 aromatic rings. The lowest BCUT2D eigenvalue weighted by Gasteiger charge is -2.22. The average molecular weight is 382 g/mol. The number of nitrogens with zero attached hydrogens (tertiary/aromatic N) is 1. The van der Waals surface area contributed by atoms with Crippen molar-refractivity contribution in [2.45, 2.75) is 36.1 Å². The molecule has 7 nitrogen and oxygen atoms in total. The van der Waals surface area contributed by atoms with E-state index in [-0.39, 0.29) is 15.8 Å². The number of nitrogens with one attached hydrogen (secondary N) is 1. The Balaban J connectivity index is 1.80. The first-order chi connectivity index (χ1) is 12.0. The van der Waals surface area contributed by atoms with Gasteiger partial charge in [0.05, 0.1) is 17.9 Å². The molecule has 2 aliphatic heterocycles. The summed E-state index contributed by atoms with van der Waals surface area (Å²) in [6.07, 6.45) is 3.45. The summed E-state index contributed by atoms with van der Waals surface area (Å²) in [5, 5.41) is 12.8. The third-order valence-electron chi connectivity index (χ3n) is 4.73. The Hall–Kier alpha value is -1.68. The molecule has 2 aromatic heterocycles. The summed E-state index contributed by atoms with van der Waals surface area (Å²) in [7, 11) is -3.90. The van der Waals surface area contributed by atoms with Gasteiger partial charge < -0.3 is 14.8 Å². The summed E-state index contributed by atoms with van der Waals surface area (Å²) in [6, 6.07) is 3.12. The number of carboxylic acids is 1. The van der Waals surface area contributed by atoms with Gasteiger partial charge in [-0.2, -0.15) is 4.31 Å². The van der Waals surface area contributed by atoms with Crippen molar-refractivity contribution in [2.24, 2.45) is 0 Å². The minimum atomic E-state index is -3.90. The second-order valence-electron chi connectivity index (χ2n) is 6.19. The van der Waals surface area contributed by atoms with E-state index in [1.807, 2.05) is 0 Å². The van der Waals surface area contributed by atoms with Gasteiger partial charge in [0.15, 0.2) is 0 Å². The molecule has 0 radical (unpaired) electrons. The first-order valence-electron chi connectivity index (χ1n) is 8.14. The van der Waals surface area contributed by atoms with Crippen LogP contribution >= 0.6 is 11.3 Å². The molecular weight excluding hydrogens is 364 g/mol. The smallest absolute Gasteiger partial charge is 0.338 e. The Labute approximate surface area is 149 Å². The first kappa shape index (κ1) is 16.8. The van der Waals surface area contributed by atoms with Crippen molar-refractivity contribution in [1.82, 2.24) is 9.62 Å². The normalized spacial score (nSPS) is 21.4. The summed E-state index contributed by atoms with van der Waals surface area (Å²) >= 11 is 1.08. The minimum Gasteiger partial charge on any atom is -0.478 e. The van der Waals surface area contributed by atoms with Crippen molar-refractivity contribution in [3.8, 4) is 0 Å². The molecule has 0 aliphatic carbocycles. The van der Waals surface area contributed by atoms with E-state index in [9.17, 15) is 18.3 Å². The van der Waals surface area contributed by atoms with E-state index in [4.69, 9.17) is 4.42 Å². The topological polar surface area (TPSA) is 99.8 Å². The van der Waals surface area contributed by atoms with Crippen molar-refractivity contribution in [3.63, 3.8) is 0 Å². The molecule has 2 aliphatic rings. The fourth-order valence-corrected chi connectivity index (χ4v) is 7.25. The monoisotopic (exact) mass is 382 g/mol. The highest BCUT2D eigenvalue weighted by Crippen LogP contribution is 2.41. The number of fused-ring (bicyclic) bond motifs is 1. The molecule has 1 atom stereocenters. The van der Waals surface area contributed by atoms with E-state index in [0.29, 0.717) is 43.8 Å². The summed E-state index contributed by atoms with van der Waals surface area (Å²) in [6.45, 7) is 1.53. The van der Waals surface area contributed by atoms with E-state index in [2.05, 4.69) is 5.32 Å². The van der Waals surface area contributed by atoms with Gasteiger partial charge in [-0.25, -0.2) is 13.2 Å². The SMILES string of the molecule is O=C(O)c1c(S(=O)(=O)N2CCC[C@H]2c2ccco2)sc2c1CCNC2. The van der Waals surface area contributed by atoms with Crippen molar-refractivity contribution >= 4 is 27.3 Å². The van der Waals surface area contributed by atoms with Crippen LogP contribution in [0, 0.1) is 0 Å². The van der Waals surface area contributed by atoms with Gasteiger partial charge in [-0.3, -0.25) is 0 Å². The van der Waals surface area contributed by atoms with Crippen LogP contribution in [-0.2, 0) is 23.0 Å². The molecule has 1 fully saturated rings. The maximum absolute atomic E-state index is 13.3. The molecular formula is C16H18N2O5S2. The third-order valence-corrected chi connectivity index (χ3v) is 8.36. The van der Waals surface area contributed by atoms with E-state index in [0.717, 1.165) is 22.6 Å². The highest BCUT2D eigenvalue weighted by molar-refractivity contribution is 7.91. The zero-order chi connectivity index (χ0) is 17.6. The number of sulfonamides is 1. The molecule has 4 heterocycles. The van der Waals surface area contributed by atoms with Gasteiger partial charge in [-0.05, 0) is 43.5 Å². The number of hydrogen-bond donors (Lipinski definition) is 2. The summed E-state index contributed by atoms with van der Waals surface area (Å²) in [5.41, 5.74) is 0.607. The van der Waals surface area contributed by atoms with Crippen LogP contribution in [0.4, 0.5) is 0 Å². The Morgan fingerprint density at radius 1 is 1.44 bits per heavy atom. The Morgan fingerprint density at radius 2 is 2.28 bits per heavy atom. The Morgan fingerprint density at radius 3 is 3.00 bits per heavy atom. The van der Waals surface area contributed by atoms with E-state index in [1.54, 1.807) is 12.1 Å². The van der Waals surface area contributed by atoms with Crippen molar-refractivity contribution in [1.29, 1.82) is 0 Å². The molecule has 1 saturated heterocycles. The summed E-state index contributed by atoms with van der Waals surface area (Å²) < 4.78 is 33.3. The Bertz CT molecular complexity index is 901. The van der Waals surface area contributed by atoms with Crippen LogP contribution in [0.5, 0.6) is 0 Å². The molecule has 0 amide bonds. The van der Waals surface area contributed by atoms with Crippen molar-refractivity contribution in [3.05, 3.63) is 40.2 Å². The molecule has 0 saturated carbocycles. The molecule has 0 unspecified atom stereocenters. The van der Waals surface area contributed by atoms with Crippen LogP contribution in [0.15, 0.2) is 27.0 Å². The van der Waals surface area contributed by atoms with Crippen molar-refractivity contribution < 1.29 is 22.7 Å². The fraction of sp³-hybridized carbons (Fsp3) is 0.438. The molecule has 0 bridgehead atoms. The van der Waals surface area contributed by atoms with Gasteiger partial charge in [0.25, 0.3) is 10.0 Å². The number of carboxylic acid groups (broad SMARTS) is 1. The predicted molar refractivity (Wildman–Crippen MR) is 91.3 cm³/mol. The van der Waals surface area contributed by atoms with E-state index >= 15 is 0 Å². The van der Waals surface area contributed by atoms with Crippen LogP contribution in [0.1, 0.15) is 45.4 Å². The second kappa shape index (κ2) is 6.24. The van der Waals surface area contributed by atoms with E-state index < -0.39 is 16.0 Å².